The van der Waals surface area contributed by atoms with Crippen molar-refractivity contribution in [3.8, 4) is 17.1 Å². The molecule has 3 aromatic rings. The van der Waals surface area contributed by atoms with Gasteiger partial charge < -0.3 is 20.7 Å². The van der Waals surface area contributed by atoms with Gasteiger partial charge in [0.2, 0.25) is 0 Å². The highest BCUT2D eigenvalue weighted by Crippen LogP contribution is 2.51. The fraction of sp³-hybridized carbons (Fsp3) is 0.400. The molecule has 2 atom stereocenters. The van der Waals surface area contributed by atoms with Crippen LogP contribution in [0.15, 0.2) is 60.6 Å². The molecular weight excluding hydrogens is 506 g/mol. The van der Waals surface area contributed by atoms with Crippen molar-refractivity contribution in [1.29, 1.82) is 0 Å². The predicted octanol–water partition coefficient (Wildman–Crippen LogP) is 4.38. The number of aromatic nitrogens is 3. The predicted molar refractivity (Wildman–Crippen MR) is 155 cm³/mol. The summed E-state index contributed by atoms with van der Waals surface area (Å²) in [6.07, 6.45) is 8.17. The average molecular weight is 546 g/mol. The molecule has 5 N–H and O–H groups in total. The lowest BCUT2D eigenvalue weighted by Gasteiger charge is -2.26. The van der Waals surface area contributed by atoms with E-state index in [1.165, 1.54) is 17.6 Å². The van der Waals surface area contributed by atoms with E-state index < -0.39 is 5.97 Å². The van der Waals surface area contributed by atoms with Crippen LogP contribution in [0.2, 0.25) is 0 Å². The first-order chi connectivity index (χ1) is 19.2. The van der Waals surface area contributed by atoms with Crippen molar-refractivity contribution >= 4 is 11.9 Å². The zero-order chi connectivity index (χ0) is 28.8. The summed E-state index contributed by atoms with van der Waals surface area (Å²) in [4.78, 5) is 31.7. The minimum absolute atomic E-state index is 0.0276. The molecule has 2 aromatic heterocycles. The number of amides is 1. The Balaban J connectivity index is 0.00000118. The highest BCUT2D eigenvalue weighted by molar-refractivity contribution is 5.95. The van der Waals surface area contributed by atoms with Gasteiger partial charge in [-0.15, -0.1) is 0 Å². The third-order valence-electron chi connectivity index (χ3n) is 6.96. The van der Waals surface area contributed by atoms with Crippen molar-refractivity contribution in [2.45, 2.75) is 51.9 Å². The summed E-state index contributed by atoms with van der Waals surface area (Å²) >= 11 is 0. The second-order valence-corrected chi connectivity index (χ2v) is 10.4. The first-order valence-electron chi connectivity index (χ1n) is 13.9. The lowest BCUT2D eigenvalue weighted by atomic mass is 10.0. The summed E-state index contributed by atoms with van der Waals surface area (Å²) in [5, 5.41) is 15.6. The summed E-state index contributed by atoms with van der Waals surface area (Å²) in [6.45, 7) is 5.82. The number of aromatic carboxylic acids is 1. The van der Waals surface area contributed by atoms with Crippen LogP contribution < -0.4 is 11.6 Å². The molecule has 1 aromatic carbocycles. The molecule has 10 heteroatoms. The summed E-state index contributed by atoms with van der Waals surface area (Å²) in [7, 11) is 1.68. The van der Waals surface area contributed by atoms with Gasteiger partial charge in [-0.25, -0.2) is 20.3 Å². The number of carbonyl (C=O) groups is 2. The van der Waals surface area contributed by atoms with E-state index in [0.29, 0.717) is 34.9 Å². The van der Waals surface area contributed by atoms with E-state index in [0.717, 1.165) is 37.9 Å². The van der Waals surface area contributed by atoms with Crippen LogP contribution in [0.5, 0.6) is 0 Å². The van der Waals surface area contributed by atoms with Crippen molar-refractivity contribution in [2.75, 3.05) is 20.1 Å². The Hall–Kier alpha value is -4.18. The van der Waals surface area contributed by atoms with Crippen LogP contribution in [0.1, 0.15) is 78.3 Å². The van der Waals surface area contributed by atoms with E-state index >= 15 is 0 Å². The largest absolute Gasteiger partial charge is 0.478 e. The fourth-order valence-corrected chi connectivity index (χ4v) is 5.05. The molecule has 1 aliphatic carbocycles. The van der Waals surface area contributed by atoms with Gasteiger partial charge in [-0.3, -0.25) is 4.79 Å². The van der Waals surface area contributed by atoms with Gasteiger partial charge in [0.05, 0.1) is 17.6 Å². The molecule has 40 heavy (non-hydrogen) atoms. The number of nitrogens with zero attached hydrogens (tertiary/aromatic N) is 5. The maximum atomic E-state index is 13.0. The van der Waals surface area contributed by atoms with E-state index in [2.05, 4.69) is 18.9 Å². The monoisotopic (exact) mass is 545 g/mol. The molecule has 10 nitrogen and oxygen atoms in total. The van der Waals surface area contributed by atoms with E-state index in [9.17, 15) is 14.7 Å². The highest BCUT2D eigenvalue weighted by atomic mass is 16.4. The third kappa shape index (κ3) is 6.51. The number of carboxylic acids is 1. The molecular formula is C30H39N7O3. The molecule has 2 unspecified atom stereocenters. The standard InChI is InChI=1S/C27H31N7O3.C3H8/c1-32(29)16-22(28)19-14-20(19)25-21(27(36)37)15-30-34(25)24-10-6-9-23(31-24)17-7-5-8-18(13-17)26(35)33-11-3-2-4-12-33;1-3-2/h5-10,13,15-16,19-20H,2-4,11-12,14,28-29H2,1H3,(H,36,37);3H2,1-2H3/b22-16-;. The molecule has 212 valence electrons. The number of carboxylic acid groups (broad SMARTS) is 1. The number of hydrogen-bond donors (Lipinski definition) is 3. The number of nitrogens with two attached hydrogens (primary N) is 2. The Morgan fingerprint density at radius 1 is 1.12 bits per heavy atom. The molecule has 0 radical (unpaired) electrons. The van der Waals surface area contributed by atoms with Crippen LogP contribution in [0.4, 0.5) is 0 Å². The first-order valence-corrected chi connectivity index (χ1v) is 13.9. The highest BCUT2D eigenvalue weighted by Gasteiger charge is 2.45. The lowest BCUT2D eigenvalue weighted by molar-refractivity contribution is 0.0693. The molecule has 1 saturated heterocycles. The van der Waals surface area contributed by atoms with Crippen molar-refractivity contribution in [1.82, 2.24) is 24.7 Å². The van der Waals surface area contributed by atoms with Crippen molar-refractivity contribution < 1.29 is 14.7 Å². The average Bonchev–Trinajstić information content (AvgIpc) is 3.62. The summed E-state index contributed by atoms with van der Waals surface area (Å²) in [5.41, 5.74) is 9.59. The van der Waals surface area contributed by atoms with Gasteiger partial charge in [0.25, 0.3) is 5.91 Å². The summed E-state index contributed by atoms with van der Waals surface area (Å²) < 4.78 is 1.58. The maximum Gasteiger partial charge on any atom is 0.339 e. The van der Waals surface area contributed by atoms with Crippen LogP contribution in [0, 0.1) is 5.92 Å². The Labute approximate surface area is 235 Å². The van der Waals surface area contributed by atoms with Gasteiger partial charge in [-0.05, 0) is 49.9 Å². The van der Waals surface area contributed by atoms with Gasteiger partial charge in [0.15, 0.2) is 5.82 Å². The van der Waals surface area contributed by atoms with E-state index in [4.69, 9.17) is 16.6 Å². The molecule has 0 bridgehead atoms. The molecule has 1 amide bonds. The zero-order valence-electron chi connectivity index (χ0n) is 23.5. The van der Waals surface area contributed by atoms with Gasteiger partial charge in [0, 0.05) is 55.0 Å². The normalized spacial score (nSPS) is 18.5. The van der Waals surface area contributed by atoms with Crippen molar-refractivity contribution in [2.24, 2.45) is 17.5 Å². The minimum Gasteiger partial charge on any atom is -0.478 e. The summed E-state index contributed by atoms with van der Waals surface area (Å²) in [5.74, 6) is 5.04. The van der Waals surface area contributed by atoms with Crippen LogP contribution in [-0.2, 0) is 0 Å². The molecule has 5 rings (SSSR count). The Kier molecular flexibility index (Phi) is 9.21. The number of allylic oxidation sites excluding steroid dienone is 1. The minimum atomic E-state index is -1.05. The van der Waals surface area contributed by atoms with E-state index in [1.807, 2.05) is 41.3 Å². The second kappa shape index (κ2) is 12.8. The fourth-order valence-electron chi connectivity index (χ4n) is 5.05. The van der Waals surface area contributed by atoms with Crippen LogP contribution in [0.3, 0.4) is 0 Å². The molecule has 2 aliphatic rings. The number of likely N-dealkylation sites (tertiary alicyclic amines) is 1. The SMILES string of the molecule is CCC.CN(N)/C=C(\N)C1CC1c1c(C(=O)O)cnn1-c1cccc(-c2cccc(C(=O)N3CCCCC3)c2)n1. The van der Waals surface area contributed by atoms with Crippen LogP contribution in [-0.4, -0.2) is 61.8 Å². The van der Waals surface area contributed by atoms with E-state index in [-0.39, 0.29) is 23.3 Å². The maximum absolute atomic E-state index is 13.0. The second-order valence-electron chi connectivity index (χ2n) is 10.4. The van der Waals surface area contributed by atoms with Crippen LogP contribution >= 0.6 is 0 Å². The zero-order valence-corrected chi connectivity index (χ0v) is 23.5. The topological polar surface area (TPSA) is 144 Å². The van der Waals surface area contributed by atoms with Gasteiger partial charge in [0.1, 0.15) is 5.56 Å². The first kappa shape index (κ1) is 28.8. The number of hydrazine groups is 1. The smallest absolute Gasteiger partial charge is 0.339 e. The molecule has 3 heterocycles. The third-order valence-corrected chi connectivity index (χ3v) is 6.96. The Bertz CT molecular complexity index is 1380. The number of benzene rings is 1. The summed E-state index contributed by atoms with van der Waals surface area (Å²) in [6, 6.07) is 13.0. The van der Waals surface area contributed by atoms with Crippen LogP contribution in [0.25, 0.3) is 17.1 Å². The Morgan fingerprint density at radius 2 is 1.82 bits per heavy atom. The molecule has 1 saturated carbocycles. The molecule has 1 aliphatic heterocycles. The number of rotatable bonds is 7. The van der Waals surface area contributed by atoms with Crippen molar-refractivity contribution in [3.63, 3.8) is 0 Å². The Morgan fingerprint density at radius 3 is 2.50 bits per heavy atom. The number of pyridine rings is 1. The van der Waals surface area contributed by atoms with Gasteiger partial charge in [-0.1, -0.05) is 38.5 Å². The molecule has 2 fully saturated rings. The number of carbonyl (C=O) groups excluding carboxylic acids is 1. The number of hydrogen-bond acceptors (Lipinski definition) is 7. The van der Waals surface area contributed by atoms with Gasteiger partial charge >= 0.3 is 5.97 Å². The van der Waals surface area contributed by atoms with E-state index in [1.54, 1.807) is 24.0 Å². The van der Waals surface area contributed by atoms with Gasteiger partial charge in [-0.2, -0.15) is 5.10 Å². The number of piperidine rings is 1. The van der Waals surface area contributed by atoms with Crippen molar-refractivity contribution in [3.05, 3.63) is 77.4 Å². The lowest BCUT2D eigenvalue weighted by Crippen LogP contribution is -2.35. The molecule has 0 spiro atoms. The quantitative estimate of drug-likeness (QED) is 0.293.